The number of aldehydes is 2. The van der Waals surface area contributed by atoms with Crippen LogP contribution in [0.1, 0.15) is 84.5 Å². The van der Waals surface area contributed by atoms with Crippen LogP contribution in [-0.2, 0) is 68.9 Å². The lowest BCUT2D eigenvalue weighted by molar-refractivity contribution is 0.00455. The van der Waals surface area contributed by atoms with Crippen LogP contribution in [0.2, 0.25) is 0 Å². The van der Waals surface area contributed by atoms with E-state index in [-0.39, 0.29) is 33.6 Å². The van der Waals surface area contributed by atoms with E-state index in [0.29, 0.717) is 70.2 Å². The minimum absolute atomic E-state index is 0.0592. The molecule has 0 saturated carbocycles. The van der Waals surface area contributed by atoms with Gasteiger partial charge in [-0.25, -0.2) is 0 Å². The van der Waals surface area contributed by atoms with Crippen molar-refractivity contribution in [3.05, 3.63) is 183 Å². The van der Waals surface area contributed by atoms with Gasteiger partial charge < -0.3 is 52.5 Å². The van der Waals surface area contributed by atoms with Crippen LogP contribution in [0.4, 0.5) is 0 Å². The van der Waals surface area contributed by atoms with E-state index in [1.54, 1.807) is 50.2 Å². The van der Waals surface area contributed by atoms with Gasteiger partial charge in [-0.1, -0.05) is 127 Å². The third-order valence-corrected chi connectivity index (χ3v) is 12.7. The largest absolute Gasteiger partial charge is 0.499 e. The minimum atomic E-state index is -3.17. The van der Waals surface area contributed by atoms with Gasteiger partial charge in [0.2, 0.25) is 0 Å². The van der Waals surface area contributed by atoms with E-state index >= 15 is 0 Å². The van der Waals surface area contributed by atoms with E-state index in [1.807, 2.05) is 137 Å². The second kappa shape index (κ2) is 32.8. The van der Waals surface area contributed by atoms with Crippen molar-refractivity contribution in [1.82, 2.24) is 0 Å². The molecule has 0 bridgehead atoms. The lowest BCUT2D eigenvalue weighted by Gasteiger charge is -2.32. The highest BCUT2D eigenvalue weighted by Crippen LogP contribution is 2.37. The van der Waals surface area contributed by atoms with Crippen molar-refractivity contribution in [2.75, 3.05) is 39.8 Å². The van der Waals surface area contributed by atoms with Gasteiger partial charge in [0.15, 0.2) is 26.7 Å². The molecule has 1 saturated heterocycles. The maximum atomic E-state index is 11.6. The van der Waals surface area contributed by atoms with Crippen molar-refractivity contribution in [3.63, 3.8) is 0 Å². The molecule has 0 aliphatic carbocycles. The zero-order chi connectivity index (χ0) is 55.4. The number of ether oxygens (including phenoxy) is 6. The standard InChI is InChI=1S/C21H25BO5.C15H15BO4.C15H13BrO3.C3H8O3S.C2H6O/c1-20(2)21(3,4)27-22(26-20)19-17(13-23)11-8-12-18(19)25-15-24-14-16-9-6-5-7-10-16;17-16-15-13(10-20-16)7-4-8-14(15)19-11-18-9-12-5-2-1-3-6-12;16-15-13(9-17)7-4-8-14(15)19-11-18-10-12-5-2-1-3-6-12;1-3-6-7(2,4)5;1-2-3/h5-13H,14-15H2,1-4H3;1-8,17H,9-11H2;1-9H,10-11H2;3H2,1-2H3;3H,2H2,1H3. The van der Waals surface area contributed by atoms with Gasteiger partial charge in [0.25, 0.3) is 10.1 Å². The predicted molar refractivity (Wildman–Crippen MR) is 295 cm³/mol. The number of benzene rings is 6. The Labute approximate surface area is 456 Å². The molecular formula is C56H67B2BrO16S. The van der Waals surface area contributed by atoms with Gasteiger partial charge in [-0.3, -0.25) is 13.8 Å². The Hall–Kier alpha value is -5.74. The second-order valence-corrected chi connectivity index (χ2v) is 19.9. The molecule has 8 rings (SSSR count). The van der Waals surface area contributed by atoms with Gasteiger partial charge in [-0.2, -0.15) is 8.42 Å². The summed E-state index contributed by atoms with van der Waals surface area (Å²) in [5.41, 5.74) is 5.53. The molecule has 2 aliphatic heterocycles. The molecule has 2 aliphatic rings. The van der Waals surface area contributed by atoms with Crippen molar-refractivity contribution in [2.45, 2.75) is 79.2 Å². The molecule has 6 aromatic carbocycles. The van der Waals surface area contributed by atoms with Crippen LogP contribution in [-0.4, -0.2) is 96.4 Å². The van der Waals surface area contributed by atoms with E-state index in [0.717, 1.165) is 41.1 Å². The number of hydrogen-bond acceptors (Lipinski definition) is 16. The van der Waals surface area contributed by atoms with E-state index in [9.17, 15) is 23.0 Å². The fraction of sp³-hybridized carbons (Fsp3) is 0.321. The van der Waals surface area contributed by atoms with Gasteiger partial charge in [-0.05, 0) is 97.9 Å². The first-order valence-electron chi connectivity index (χ1n) is 24.2. The molecule has 76 heavy (non-hydrogen) atoms. The molecule has 20 heteroatoms. The fourth-order valence-corrected chi connectivity index (χ4v) is 7.74. The number of aliphatic hydroxyl groups is 1. The molecule has 16 nitrogen and oxygen atoms in total. The van der Waals surface area contributed by atoms with Gasteiger partial charge in [-0.15, -0.1) is 0 Å². The number of carbonyl (C=O) groups is 2. The molecule has 2 N–H and O–H groups in total. The number of halogens is 1. The molecule has 406 valence electrons. The highest BCUT2D eigenvalue weighted by Gasteiger charge is 2.53. The number of hydrogen-bond donors (Lipinski definition) is 2. The summed E-state index contributed by atoms with van der Waals surface area (Å²) in [4.78, 5) is 22.4. The van der Waals surface area contributed by atoms with Crippen molar-refractivity contribution in [1.29, 1.82) is 0 Å². The van der Waals surface area contributed by atoms with Gasteiger partial charge >= 0.3 is 14.2 Å². The molecule has 0 spiro atoms. The maximum absolute atomic E-state index is 11.6. The summed E-state index contributed by atoms with van der Waals surface area (Å²) in [5, 5.41) is 17.3. The fourth-order valence-electron chi connectivity index (χ4n) is 6.84. The van der Waals surface area contributed by atoms with Crippen molar-refractivity contribution < 1.29 is 74.7 Å². The third kappa shape index (κ3) is 21.0. The second-order valence-electron chi connectivity index (χ2n) is 17.5. The quantitative estimate of drug-likeness (QED) is 0.0242. The first-order chi connectivity index (χ1) is 36.5. The van der Waals surface area contributed by atoms with Gasteiger partial charge in [0.1, 0.15) is 23.5 Å². The first kappa shape index (κ1) is 62.8. The van der Waals surface area contributed by atoms with Gasteiger partial charge in [0.05, 0.1) is 55.0 Å². The summed E-state index contributed by atoms with van der Waals surface area (Å²) in [5.74, 6) is 1.73. The Morgan fingerprint density at radius 3 is 1.39 bits per heavy atom. The topological polar surface area (TPSA) is 201 Å². The van der Waals surface area contributed by atoms with Crippen LogP contribution in [0.25, 0.3) is 0 Å². The number of aliphatic hydroxyl groups excluding tert-OH is 1. The molecule has 0 atom stereocenters. The SMILES string of the molecule is CC1(C)OB(c2c(C=O)cccc2OCOCc2ccccc2)OC1(C)C.CCO.CCOS(C)(=O)=O.O=Cc1cccc(OCOCc2ccccc2)c1Br.OB1OCc2cccc(OCOCc3ccccc3)c21. The van der Waals surface area contributed by atoms with Crippen molar-refractivity contribution in [2.24, 2.45) is 0 Å². The van der Waals surface area contributed by atoms with E-state index in [1.165, 1.54) is 0 Å². The summed E-state index contributed by atoms with van der Waals surface area (Å²) in [6.07, 6.45) is 2.59. The average molecular weight is 1130 g/mol. The molecule has 6 aromatic rings. The summed E-state index contributed by atoms with van der Waals surface area (Å²) in [7, 11) is -4.76. The minimum Gasteiger partial charge on any atom is -0.468 e. The summed E-state index contributed by atoms with van der Waals surface area (Å²) in [6, 6.07) is 45.8. The first-order valence-corrected chi connectivity index (χ1v) is 26.9. The van der Waals surface area contributed by atoms with Crippen molar-refractivity contribution in [3.8, 4) is 17.2 Å². The van der Waals surface area contributed by atoms with Crippen LogP contribution < -0.4 is 25.1 Å². The van der Waals surface area contributed by atoms with Crippen LogP contribution in [0.5, 0.6) is 17.2 Å². The van der Waals surface area contributed by atoms with Crippen molar-refractivity contribution >= 4 is 63.8 Å². The molecule has 0 unspecified atom stereocenters. The third-order valence-electron chi connectivity index (χ3n) is 11.2. The zero-order valence-electron chi connectivity index (χ0n) is 43.9. The Balaban J connectivity index is 0.000000229. The van der Waals surface area contributed by atoms with Crippen LogP contribution in [0, 0.1) is 0 Å². The Morgan fingerprint density at radius 1 is 0.592 bits per heavy atom. The molecule has 2 heterocycles. The summed E-state index contributed by atoms with van der Waals surface area (Å²) >= 11 is 3.33. The zero-order valence-corrected chi connectivity index (χ0v) is 46.3. The molecule has 0 amide bonds. The number of fused-ring (bicyclic) bond motifs is 1. The normalized spacial score (nSPS) is 13.7. The van der Waals surface area contributed by atoms with Crippen LogP contribution in [0.3, 0.4) is 0 Å². The predicted octanol–water partition coefficient (Wildman–Crippen LogP) is 8.60. The monoisotopic (exact) mass is 1130 g/mol. The molecule has 0 radical (unpaired) electrons. The lowest BCUT2D eigenvalue weighted by Crippen LogP contribution is -2.41. The molecule has 1 fully saturated rings. The van der Waals surface area contributed by atoms with E-state index in [2.05, 4.69) is 20.1 Å². The van der Waals surface area contributed by atoms with Gasteiger partial charge in [0, 0.05) is 28.7 Å². The molecular weight excluding hydrogens is 1060 g/mol. The number of carbonyl (C=O) groups excluding carboxylic acids is 2. The highest BCUT2D eigenvalue weighted by atomic mass is 79.9. The summed E-state index contributed by atoms with van der Waals surface area (Å²) in [6.45, 7) is 13.8. The Bertz CT molecular complexity index is 2740. The lowest BCUT2D eigenvalue weighted by atomic mass is 9.75. The van der Waals surface area contributed by atoms with E-state index in [4.69, 9.17) is 47.5 Å². The van der Waals surface area contributed by atoms with E-state index < -0.39 is 35.6 Å². The van der Waals surface area contributed by atoms with Crippen LogP contribution >= 0.6 is 15.9 Å². The maximum Gasteiger partial charge on any atom is 0.499 e. The average Bonchev–Trinajstić information content (AvgIpc) is 3.90. The Kier molecular flexibility index (Phi) is 27.1. The molecule has 0 aromatic heterocycles. The smallest absolute Gasteiger partial charge is 0.468 e. The van der Waals surface area contributed by atoms with Crippen LogP contribution in [0.15, 0.2) is 150 Å². The summed E-state index contributed by atoms with van der Waals surface area (Å²) < 4.78 is 75.6. The Morgan fingerprint density at radius 2 is 0.987 bits per heavy atom. The highest BCUT2D eigenvalue weighted by molar-refractivity contribution is 9.10. The number of rotatable bonds is 20.